The number of carbonyl (C=O) groups excluding carboxylic acids is 1. The highest BCUT2D eigenvalue weighted by atomic mass is 35.5. The topological polar surface area (TPSA) is 43.1 Å². The lowest BCUT2D eigenvalue weighted by Gasteiger charge is -2.08. The summed E-state index contributed by atoms with van der Waals surface area (Å²) in [5.74, 6) is -1.16. The summed E-state index contributed by atoms with van der Waals surface area (Å²) in [6, 6.07) is 12.2. The van der Waals surface area contributed by atoms with Crippen LogP contribution in [0.1, 0.15) is 10.4 Å². The molecule has 19 heavy (non-hydrogen) atoms. The minimum Gasteiger partial charge on any atom is -0.366 e. The number of primary amides is 1. The van der Waals surface area contributed by atoms with Crippen LogP contribution < -0.4 is 5.73 Å². The molecule has 0 atom stereocenters. The Labute approximate surface area is 113 Å². The third-order valence-electron chi connectivity index (χ3n) is 3.16. The van der Waals surface area contributed by atoms with Crippen molar-refractivity contribution in [2.45, 2.75) is 0 Å². The lowest BCUT2D eigenvalue weighted by atomic mass is 9.99. The summed E-state index contributed by atoms with van der Waals surface area (Å²) in [5, 5.41) is 2.48. The van der Waals surface area contributed by atoms with Gasteiger partial charge in [0.05, 0.1) is 5.02 Å². The summed E-state index contributed by atoms with van der Waals surface area (Å²) in [7, 11) is 0. The van der Waals surface area contributed by atoms with Crippen molar-refractivity contribution in [2.24, 2.45) is 5.73 Å². The van der Waals surface area contributed by atoms with Gasteiger partial charge in [0.2, 0.25) is 5.91 Å². The van der Waals surface area contributed by atoms with Gasteiger partial charge in [-0.25, -0.2) is 4.39 Å². The maximum atomic E-state index is 14.1. The molecule has 0 aromatic heterocycles. The Kier molecular flexibility index (Phi) is 2.64. The molecule has 0 radical (unpaired) electrons. The Morgan fingerprint density at radius 1 is 1.05 bits per heavy atom. The van der Waals surface area contributed by atoms with Gasteiger partial charge in [0.15, 0.2) is 0 Å². The molecule has 1 amide bonds. The van der Waals surface area contributed by atoms with Crippen molar-refractivity contribution in [1.82, 2.24) is 0 Å². The van der Waals surface area contributed by atoms with Crippen molar-refractivity contribution < 1.29 is 9.18 Å². The molecule has 0 aliphatic heterocycles. The molecule has 3 aromatic rings. The summed E-state index contributed by atoms with van der Waals surface area (Å²) in [4.78, 5) is 11.5. The third kappa shape index (κ3) is 1.83. The van der Waals surface area contributed by atoms with Crippen molar-refractivity contribution in [1.29, 1.82) is 0 Å². The number of hydrogen-bond acceptors (Lipinski definition) is 1. The summed E-state index contributed by atoms with van der Waals surface area (Å²) < 4.78 is 14.1. The lowest BCUT2D eigenvalue weighted by Crippen LogP contribution is -2.12. The van der Waals surface area contributed by atoms with E-state index in [0.717, 1.165) is 10.8 Å². The molecule has 0 aliphatic carbocycles. The van der Waals surface area contributed by atoms with Crippen LogP contribution in [0.15, 0.2) is 42.5 Å². The Bertz CT molecular complexity index is 829. The fraction of sp³-hybridized carbons (Fsp3) is 0. The Morgan fingerprint density at radius 3 is 2.21 bits per heavy atom. The molecule has 0 spiro atoms. The molecule has 3 rings (SSSR count). The molecule has 4 heteroatoms. The average molecular weight is 274 g/mol. The third-order valence-corrected chi connectivity index (χ3v) is 3.43. The predicted molar refractivity (Wildman–Crippen MR) is 74.9 cm³/mol. The van der Waals surface area contributed by atoms with Crippen molar-refractivity contribution >= 4 is 39.1 Å². The summed E-state index contributed by atoms with van der Waals surface area (Å²) in [5.41, 5.74) is 5.55. The molecule has 2 N–H and O–H groups in total. The molecule has 0 fully saturated rings. The predicted octanol–water partition coefficient (Wildman–Crippen LogP) is 3.88. The molecule has 0 saturated heterocycles. The average Bonchev–Trinajstić information content (AvgIpc) is 2.41. The summed E-state index contributed by atoms with van der Waals surface area (Å²) in [6.45, 7) is 0. The summed E-state index contributed by atoms with van der Waals surface area (Å²) >= 11 is 5.81. The fourth-order valence-corrected chi connectivity index (χ4v) is 2.46. The molecule has 3 aromatic carbocycles. The first-order chi connectivity index (χ1) is 9.08. The van der Waals surface area contributed by atoms with Gasteiger partial charge in [-0.05, 0) is 34.4 Å². The molecule has 0 heterocycles. The van der Waals surface area contributed by atoms with E-state index in [0.29, 0.717) is 10.8 Å². The quantitative estimate of drug-likeness (QED) is 0.672. The lowest BCUT2D eigenvalue weighted by molar-refractivity contribution is 0.100. The van der Waals surface area contributed by atoms with E-state index in [-0.39, 0.29) is 10.6 Å². The SMILES string of the molecule is NC(=O)c1cc(Cl)c(F)c2cc3ccccc3cc12. The first-order valence-corrected chi connectivity index (χ1v) is 6.06. The second kappa shape index (κ2) is 4.21. The monoisotopic (exact) mass is 273 g/mol. The van der Waals surface area contributed by atoms with Crippen molar-refractivity contribution in [2.75, 3.05) is 0 Å². The number of halogens is 2. The standard InChI is InChI=1S/C15H9ClFNO/c16-13-7-12(15(18)19)10-5-8-3-1-2-4-9(8)6-11(10)14(13)17/h1-7H,(H2,18,19). The van der Waals surface area contributed by atoms with Crippen LogP contribution in [0.2, 0.25) is 5.02 Å². The van der Waals surface area contributed by atoms with E-state index >= 15 is 0 Å². The van der Waals surface area contributed by atoms with Gasteiger partial charge in [-0.3, -0.25) is 4.79 Å². The zero-order valence-electron chi connectivity index (χ0n) is 9.78. The number of hydrogen-bond donors (Lipinski definition) is 1. The molecule has 0 saturated carbocycles. The van der Waals surface area contributed by atoms with Gasteiger partial charge >= 0.3 is 0 Å². The van der Waals surface area contributed by atoms with Crippen LogP contribution >= 0.6 is 11.6 Å². The number of rotatable bonds is 1. The van der Waals surface area contributed by atoms with Gasteiger partial charge in [0.25, 0.3) is 0 Å². The number of amides is 1. The number of fused-ring (bicyclic) bond motifs is 2. The van der Waals surface area contributed by atoms with Gasteiger partial charge < -0.3 is 5.73 Å². The number of carbonyl (C=O) groups is 1. The summed E-state index contributed by atoms with van der Waals surface area (Å²) in [6.07, 6.45) is 0. The van der Waals surface area contributed by atoms with E-state index in [2.05, 4.69) is 0 Å². The molecule has 0 aliphatic rings. The van der Waals surface area contributed by atoms with Gasteiger partial charge in [-0.1, -0.05) is 35.9 Å². The van der Waals surface area contributed by atoms with Gasteiger partial charge in [0, 0.05) is 10.9 Å². The van der Waals surface area contributed by atoms with Crippen LogP contribution in [0.5, 0.6) is 0 Å². The molecule has 0 unspecified atom stereocenters. The number of benzene rings is 3. The van der Waals surface area contributed by atoms with E-state index in [9.17, 15) is 9.18 Å². The van der Waals surface area contributed by atoms with E-state index in [4.69, 9.17) is 17.3 Å². The van der Waals surface area contributed by atoms with Gasteiger partial charge in [-0.15, -0.1) is 0 Å². The van der Waals surface area contributed by atoms with Gasteiger partial charge in [-0.2, -0.15) is 0 Å². The first kappa shape index (κ1) is 11.9. The first-order valence-electron chi connectivity index (χ1n) is 5.68. The van der Waals surface area contributed by atoms with Crippen molar-refractivity contribution in [3.8, 4) is 0 Å². The van der Waals surface area contributed by atoms with E-state index < -0.39 is 11.7 Å². The molecular weight excluding hydrogens is 265 g/mol. The van der Waals surface area contributed by atoms with Crippen LogP contribution in [0.25, 0.3) is 21.5 Å². The maximum absolute atomic E-state index is 14.1. The van der Waals surface area contributed by atoms with Gasteiger partial charge in [0.1, 0.15) is 5.82 Å². The Balaban J connectivity index is 2.55. The highest BCUT2D eigenvalue weighted by molar-refractivity contribution is 6.32. The van der Waals surface area contributed by atoms with Crippen LogP contribution in [-0.4, -0.2) is 5.91 Å². The molecular formula is C15H9ClFNO. The minimum absolute atomic E-state index is 0.100. The van der Waals surface area contributed by atoms with Crippen LogP contribution in [0.3, 0.4) is 0 Å². The van der Waals surface area contributed by atoms with Crippen LogP contribution in [0, 0.1) is 5.82 Å². The second-order valence-corrected chi connectivity index (χ2v) is 4.74. The highest BCUT2D eigenvalue weighted by Gasteiger charge is 2.14. The molecule has 0 bridgehead atoms. The fourth-order valence-electron chi connectivity index (χ4n) is 2.25. The highest BCUT2D eigenvalue weighted by Crippen LogP contribution is 2.31. The van der Waals surface area contributed by atoms with E-state index in [1.54, 1.807) is 12.1 Å². The molecule has 94 valence electrons. The van der Waals surface area contributed by atoms with Crippen molar-refractivity contribution in [3.63, 3.8) is 0 Å². The largest absolute Gasteiger partial charge is 0.366 e. The van der Waals surface area contributed by atoms with Crippen molar-refractivity contribution in [3.05, 3.63) is 58.9 Å². The van der Waals surface area contributed by atoms with Crippen LogP contribution in [0.4, 0.5) is 4.39 Å². The van der Waals surface area contributed by atoms with E-state index in [1.165, 1.54) is 6.07 Å². The zero-order valence-corrected chi connectivity index (χ0v) is 10.5. The maximum Gasteiger partial charge on any atom is 0.249 e. The Morgan fingerprint density at radius 2 is 1.63 bits per heavy atom. The van der Waals surface area contributed by atoms with Crippen LogP contribution in [-0.2, 0) is 0 Å². The number of nitrogens with two attached hydrogens (primary N) is 1. The smallest absolute Gasteiger partial charge is 0.249 e. The second-order valence-electron chi connectivity index (χ2n) is 4.33. The molecule has 2 nitrogen and oxygen atoms in total. The minimum atomic E-state index is -0.623. The normalized spacial score (nSPS) is 11.1. The Hall–Kier alpha value is -2.13. The zero-order chi connectivity index (χ0) is 13.6. The van der Waals surface area contributed by atoms with E-state index in [1.807, 2.05) is 24.3 Å².